The van der Waals surface area contributed by atoms with Crippen LogP contribution in [0.5, 0.6) is 0 Å². The van der Waals surface area contributed by atoms with Gasteiger partial charge in [-0.1, -0.05) is 122 Å². The lowest BCUT2D eigenvalue weighted by Crippen LogP contribution is -2.38. The second-order valence-corrected chi connectivity index (χ2v) is 7.60. The lowest BCUT2D eigenvalue weighted by atomic mass is 10.0. The quantitative estimate of drug-likeness (QED) is 0.152. The molecular formula is C21H47N3. The molecule has 0 aliphatic rings. The Kier molecular flexibility index (Phi) is 20.8. The van der Waals surface area contributed by atoms with Gasteiger partial charge >= 0.3 is 0 Å². The van der Waals surface area contributed by atoms with E-state index in [1.807, 2.05) is 0 Å². The van der Waals surface area contributed by atoms with E-state index in [1.54, 1.807) is 0 Å². The molecule has 0 bridgehead atoms. The van der Waals surface area contributed by atoms with Gasteiger partial charge in [-0.3, -0.25) is 11.7 Å². The molecule has 3 nitrogen and oxygen atoms in total. The molecule has 0 aromatic rings. The van der Waals surface area contributed by atoms with E-state index in [2.05, 4.69) is 6.92 Å². The normalized spacial score (nSPS) is 11.5. The second-order valence-electron chi connectivity index (χ2n) is 7.60. The van der Waals surface area contributed by atoms with Crippen molar-refractivity contribution >= 4 is 0 Å². The van der Waals surface area contributed by atoms with Crippen LogP contribution in [-0.4, -0.2) is 11.7 Å². The van der Waals surface area contributed by atoms with Crippen molar-refractivity contribution in [2.75, 3.05) is 6.54 Å². The molecule has 146 valence electrons. The average molecular weight is 342 g/mol. The maximum Gasteiger partial charge on any atom is 0.0283 e. The smallest absolute Gasteiger partial charge is 0.0283 e. The van der Waals surface area contributed by atoms with Crippen LogP contribution in [-0.2, 0) is 0 Å². The van der Waals surface area contributed by atoms with Gasteiger partial charge in [0.25, 0.3) is 0 Å². The van der Waals surface area contributed by atoms with Crippen LogP contribution in [0, 0.1) is 0 Å². The van der Waals surface area contributed by atoms with Crippen molar-refractivity contribution in [1.82, 2.24) is 5.12 Å². The van der Waals surface area contributed by atoms with Gasteiger partial charge in [-0.25, -0.2) is 0 Å². The van der Waals surface area contributed by atoms with Crippen molar-refractivity contribution in [1.29, 1.82) is 0 Å². The molecule has 0 spiro atoms. The number of rotatable bonds is 20. The topological polar surface area (TPSA) is 55.3 Å². The summed E-state index contributed by atoms with van der Waals surface area (Å²) in [5.74, 6) is 10.8. The molecule has 3 heteroatoms. The van der Waals surface area contributed by atoms with Gasteiger partial charge < -0.3 is 0 Å². The molecule has 0 amide bonds. The Hall–Kier alpha value is -0.120. The Morgan fingerprint density at radius 1 is 0.417 bits per heavy atom. The van der Waals surface area contributed by atoms with Gasteiger partial charge in [-0.2, -0.15) is 5.12 Å². The van der Waals surface area contributed by atoms with Crippen LogP contribution in [0.1, 0.15) is 129 Å². The van der Waals surface area contributed by atoms with Crippen LogP contribution in [0.15, 0.2) is 0 Å². The van der Waals surface area contributed by atoms with Crippen LogP contribution in [0.25, 0.3) is 0 Å². The van der Waals surface area contributed by atoms with Crippen molar-refractivity contribution in [3.8, 4) is 0 Å². The minimum atomic E-state index is 0.818. The summed E-state index contributed by atoms with van der Waals surface area (Å²) in [4.78, 5) is 0. The Morgan fingerprint density at radius 2 is 0.667 bits per heavy atom. The summed E-state index contributed by atoms with van der Waals surface area (Å²) in [6.07, 6.45) is 26.8. The fourth-order valence-corrected chi connectivity index (χ4v) is 3.37. The van der Waals surface area contributed by atoms with Gasteiger partial charge in [-0.15, -0.1) is 0 Å². The largest absolute Gasteiger partial charge is 0.255 e. The van der Waals surface area contributed by atoms with Crippen molar-refractivity contribution in [3.05, 3.63) is 0 Å². The first kappa shape index (κ1) is 23.9. The Bertz CT molecular complexity index is 219. The molecule has 0 aromatic heterocycles. The summed E-state index contributed by atoms with van der Waals surface area (Å²) >= 11 is 0. The van der Waals surface area contributed by atoms with E-state index in [1.165, 1.54) is 121 Å². The number of nitrogens with zero attached hydrogens (tertiary/aromatic N) is 1. The maximum atomic E-state index is 5.38. The molecule has 0 aliphatic heterocycles. The van der Waals surface area contributed by atoms with Crippen molar-refractivity contribution in [3.63, 3.8) is 0 Å². The average Bonchev–Trinajstić information content (AvgIpc) is 2.56. The van der Waals surface area contributed by atoms with E-state index in [4.69, 9.17) is 11.7 Å². The molecule has 0 fully saturated rings. The first-order chi connectivity index (χ1) is 11.8. The summed E-state index contributed by atoms with van der Waals surface area (Å²) in [5.41, 5.74) is 0. The van der Waals surface area contributed by atoms with Crippen molar-refractivity contribution < 1.29 is 0 Å². The summed E-state index contributed by atoms with van der Waals surface area (Å²) in [6, 6.07) is 0. The second kappa shape index (κ2) is 20.9. The van der Waals surface area contributed by atoms with Crippen LogP contribution in [0.2, 0.25) is 0 Å². The third kappa shape index (κ3) is 21.9. The molecule has 0 atom stereocenters. The van der Waals surface area contributed by atoms with E-state index in [0.717, 1.165) is 13.0 Å². The Morgan fingerprint density at radius 3 is 0.917 bits per heavy atom. The highest BCUT2D eigenvalue weighted by Crippen LogP contribution is 2.14. The van der Waals surface area contributed by atoms with Crippen LogP contribution < -0.4 is 11.7 Å². The van der Waals surface area contributed by atoms with Crippen LogP contribution in [0.4, 0.5) is 0 Å². The number of hydrazine groups is 2. The summed E-state index contributed by atoms with van der Waals surface area (Å²) in [5, 5.41) is 1.30. The molecule has 0 rings (SSSR count). The molecule has 0 radical (unpaired) electrons. The SMILES string of the molecule is CCCCCCCCCCCCCCCCCCCCCN(N)N. The summed E-state index contributed by atoms with van der Waals surface area (Å²) in [7, 11) is 0. The molecule has 0 unspecified atom stereocenters. The summed E-state index contributed by atoms with van der Waals surface area (Å²) in [6.45, 7) is 3.11. The van der Waals surface area contributed by atoms with Crippen molar-refractivity contribution in [2.45, 2.75) is 129 Å². The molecule has 4 N–H and O–H groups in total. The van der Waals surface area contributed by atoms with Gasteiger partial charge in [-0.05, 0) is 6.42 Å². The fourth-order valence-electron chi connectivity index (χ4n) is 3.37. The third-order valence-corrected chi connectivity index (χ3v) is 5.02. The molecule has 0 aliphatic carbocycles. The van der Waals surface area contributed by atoms with Gasteiger partial charge in [0.05, 0.1) is 0 Å². The minimum absolute atomic E-state index is 0.818. The minimum Gasteiger partial charge on any atom is -0.255 e. The number of hydrogen-bond donors (Lipinski definition) is 2. The molecule has 24 heavy (non-hydrogen) atoms. The predicted octanol–water partition coefficient (Wildman–Crippen LogP) is 6.47. The first-order valence-corrected chi connectivity index (χ1v) is 11.0. The zero-order valence-electron chi connectivity index (χ0n) is 16.7. The van der Waals surface area contributed by atoms with Gasteiger partial charge in [0.15, 0.2) is 0 Å². The first-order valence-electron chi connectivity index (χ1n) is 11.0. The van der Waals surface area contributed by atoms with E-state index >= 15 is 0 Å². The van der Waals surface area contributed by atoms with Gasteiger partial charge in [0.2, 0.25) is 0 Å². The molecule has 0 heterocycles. The molecular weight excluding hydrogens is 294 g/mol. The highest BCUT2D eigenvalue weighted by Gasteiger charge is 1.95. The Labute approximate surface area is 152 Å². The summed E-state index contributed by atoms with van der Waals surface area (Å²) < 4.78 is 0. The molecule has 0 saturated heterocycles. The fraction of sp³-hybridized carbons (Fsp3) is 1.00. The van der Waals surface area contributed by atoms with Gasteiger partial charge in [0.1, 0.15) is 0 Å². The molecule has 0 saturated carbocycles. The zero-order valence-corrected chi connectivity index (χ0v) is 16.7. The Balaban J connectivity index is 2.95. The zero-order chi connectivity index (χ0) is 17.7. The van der Waals surface area contributed by atoms with E-state index in [-0.39, 0.29) is 0 Å². The third-order valence-electron chi connectivity index (χ3n) is 5.02. The van der Waals surface area contributed by atoms with Crippen LogP contribution >= 0.6 is 0 Å². The standard InChI is InChI=1S/C21H47N3/c1-2-3-4-5-6-7-8-9-10-11-12-13-14-15-16-17-18-19-20-21-24(22)23/h2-23H2,1H3. The van der Waals surface area contributed by atoms with E-state index in [0.29, 0.717) is 0 Å². The number of nitrogens with two attached hydrogens (primary N) is 2. The lowest BCUT2D eigenvalue weighted by molar-refractivity contribution is 0.285. The van der Waals surface area contributed by atoms with E-state index in [9.17, 15) is 0 Å². The number of unbranched alkanes of at least 4 members (excludes halogenated alkanes) is 18. The van der Waals surface area contributed by atoms with Crippen LogP contribution in [0.3, 0.4) is 0 Å². The monoisotopic (exact) mass is 341 g/mol. The van der Waals surface area contributed by atoms with E-state index < -0.39 is 0 Å². The van der Waals surface area contributed by atoms with Gasteiger partial charge in [0, 0.05) is 6.54 Å². The van der Waals surface area contributed by atoms with Crippen molar-refractivity contribution in [2.24, 2.45) is 11.7 Å². The molecule has 0 aromatic carbocycles. The predicted molar refractivity (Wildman–Crippen MR) is 108 cm³/mol. The number of hydrogen-bond acceptors (Lipinski definition) is 3. The lowest BCUT2D eigenvalue weighted by Gasteiger charge is -2.08. The maximum absolute atomic E-state index is 5.38. The highest BCUT2D eigenvalue weighted by atomic mass is 15.6. The highest BCUT2D eigenvalue weighted by molar-refractivity contribution is 4.51.